The van der Waals surface area contributed by atoms with Gasteiger partial charge in [-0.2, -0.15) is 13.2 Å². The van der Waals surface area contributed by atoms with E-state index in [0.717, 1.165) is 25.4 Å². The van der Waals surface area contributed by atoms with Crippen LogP contribution in [0.1, 0.15) is 26.3 Å². The summed E-state index contributed by atoms with van der Waals surface area (Å²) in [4.78, 5) is 3.81. The zero-order valence-electron chi connectivity index (χ0n) is 11.6. The third-order valence-electron chi connectivity index (χ3n) is 2.43. The number of rotatable bonds is 6. The van der Waals surface area contributed by atoms with Gasteiger partial charge in [0.1, 0.15) is 5.03 Å². The summed E-state index contributed by atoms with van der Waals surface area (Å²) >= 11 is 7.23. The number of nitrogens with zero attached hydrogens (tertiary/aromatic N) is 1. The molecule has 20 heavy (non-hydrogen) atoms. The van der Waals surface area contributed by atoms with E-state index in [2.05, 4.69) is 24.1 Å². The fourth-order valence-corrected chi connectivity index (χ4v) is 2.64. The van der Waals surface area contributed by atoms with Gasteiger partial charge in [0, 0.05) is 18.0 Å². The van der Waals surface area contributed by atoms with Gasteiger partial charge in [-0.05, 0) is 18.5 Å². The third-order valence-corrected chi connectivity index (χ3v) is 3.95. The van der Waals surface area contributed by atoms with Crippen molar-refractivity contribution in [3.63, 3.8) is 0 Å². The topological polar surface area (TPSA) is 24.9 Å². The largest absolute Gasteiger partial charge is 0.417 e. The SMILES string of the molecule is CC(C)CNCC(C)Sc1ncc(C(F)(F)F)cc1Cl. The van der Waals surface area contributed by atoms with Gasteiger partial charge >= 0.3 is 6.18 Å². The Labute approximate surface area is 126 Å². The summed E-state index contributed by atoms with van der Waals surface area (Å²) in [5.74, 6) is 0.556. The number of nitrogens with one attached hydrogen (secondary N) is 1. The van der Waals surface area contributed by atoms with Gasteiger partial charge in [-0.15, -0.1) is 11.8 Å². The highest BCUT2D eigenvalue weighted by molar-refractivity contribution is 8.00. The van der Waals surface area contributed by atoms with Gasteiger partial charge in [-0.1, -0.05) is 32.4 Å². The van der Waals surface area contributed by atoms with Crippen molar-refractivity contribution in [2.75, 3.05) is 13.1 Å². The monoisotopic (exact) mass is 326 g/mol. The minimum atomic E-state index is -4.41. The van der Waals surface area contributed by atoms with Gasteiger partial charge in [-0.25, -0.2) is 4.98 Å². The van der Waals surface area contributed by atoms with Crippen molar-refractivity contribution in [3.8, 4) is 0 Å². The molecule has 1 N–H and O–H groups in total. The predicted molar refractivity (Wildman–Crippen MR) is 77.3 cm³/mol. The summed E-state index contributed by atoms with van der Waals surface area (Å²) in [7, 11) is 0. The van der Waals surface area contributed by atoms with Gasteiger partial charge in [0.2, 0.25) is 0 Å². The molecular formula is C13H18ClF3N2S. The van der Waals surface area contributed by atoms with Crippen LogP contribution in [0, 0.1) is 5.92 Å². The summed E-state index contributed by atoms with van der Waals surface area (Å²) in [6.45, 7) is 7.85. The maximum Gasteiger partial charge on any atom is 0.417 e. The molecule has 0 aliphatic carbocycles. The van der Waals surface area contributed by atoms with Crippen molar-refractivity contribution >= 4 is 23.4 Å². The van der Waals surface area contributed by atoms with Gasteiger partial charge in [0.05, 0.1) is 10.6 Å². The molecule has 0 aliphatic rings. The Morgan fingerprint density at radius 3 is 2.45 bits per heavy atom. The first-order chi connectivity index (χ1) is 9.20. The molecule has 1 atom stereocenters. The van der Waals surface area contributed by atoms with Crippen LogP contribution in [0.25, 0.3) is 0 Å². The van der Waals surface area contributed by atoms with Crippen LogP contribution < -0.4 is 5.32 Å². The van der Waals surface area contributed by atoms with Gasteiger partial charge in [0.25, 0.3) is 0 Å². The van der Waals surface area contributed by atoms with Crippen LogP contribution in [0.15, 0.2) is 17.3 Å². The van der Waals surface area contributed by atoms with Crippen molar-refractivity contribution in [3.05, 3.63) is 22.8 Å². The van der Waals surface area contributed by atoms with Gasteiger partial charge in [0.15, 0.2) is 0 Å². The second kappa shape index (κ2) is 7.52. The predicted octanol–water partition coefficient (Wildman–Crippen LogP) is 4.48. The lowest BCUT2D eigenvalue weighted by molar-refractivity contribution is -0.137. The minimum absolute atomic E-state index is 0.0422. The number of hydrogen-bond acceptors (Lipinski definition) is 3. The smallest absolute Gasteiger partial charge is 0.315 e. The van der Waals surface area contributed by atoms with E-state index in [1.54, 1.807) is 0 Å². The molecule has 0 saturated carbocycles. The summed E-state index contributed by atoms with van der Waals surface area (Å²) in [6, 6.07) is 0.922. The standard InChI is InChI=1S/C13H18ClF3N2S/c1-8(2)5-18-6-9(3)20-12-11(14)4-10(7-19-12)13(15,16)17/h4,7-9,18H,5-6H2,1-3H3. The van der Waals surface area contributed by atoms with Crippen molar-refractivity contribution in [2.45, 2.75) is 37.2 Å². The number of aromatic nitrogens is 1. The molecule has 0 fully saturated rings. The van der Waals surface area contributed by atoms with Crippen molar-refractivity contribution in [1.82, 2.24) is 10.3 Å². The third kappa shape index (κ3) is 5.89. The van der Waals surface area contributed by atoms with E-state index in [0.29, 0.717) is 10.9 Å². The van der Waals surface area contributed by atoms with E-state index in [-0.39, 0.29) is 10.3 Å². The summed E-state index contributed by atoms with van der Waals surface area (Å²) in [6.07, 6.45) is -3.59. The normalized spacial score (nSPS) is 13.8. The Bertz CT molecular complexity index is 438. The van der Waals surface area contributed by atoms with Gasteiger partial charge < -0.3 is 5.32 Å². The van der Waals surface area contributed by atoms with E-state index < -0.39 is 11.7 Å². The number of pyridine rings is 1. The molecule has 0 amide bonds. The van der Waals surface area contributed by atoms with E-state index in [1.807, 2.05) is 6.92 Å². The highest BCUT2D eigenvalue weighted by atomic mass is 35.5. The molecular weight excluding hydrogens is 309 g/mol. The number of thioether (sulfide) groups is 1. The van der Waals surface area contributed by atoms with E-state index >= 15 is 0 Å². The Kier molecular flexibility index (Phi) is 6.61. The number of alkyl halides is 3. The molecule has 0 spiro atoms. The Morgan fingerprint density at radius 2 is 1.95 bits per heavy atom. The average Bonchev–Trinajstić information content (AvgIpc) is 2.29. The zero-order chi connectivity index (χ0) is 15.3. The summed E-state index contributed by atoms with van der Waals surface area (Å²) in [5, 5.41) is 3.94. The van der Waals surface area contributed by atoms with Crippen LogP contribution in [0.2, 0.25) is 5.02 Å². The zero-order valence-corrected chi connectivity index (χ0v) is 13.2. The first-order valence-electron chi connectivity index (χ1n) is 6.30. The molecule has 1 heterocycles. The second-order valence-corrected chi connectivity index (χ2v) is 6.82. The molecule has 7 heteroatoms. The van der Waals surface area contributed by atoms with E-state index in [9.17, 15) is 13.2 Å². The van der Waals surface area contributed by atoms with Crippen LogP contribution in [-0.2, 0) is 6.18 Å². The molecule has 0 aliphatic heterocycles. The fraction of sp³-hybridized carbons (Fsp3) is 0.615. The second-order valence-electron chi connectivity index (χ2n) is 4.99. The first kappa shape index (κ1) is 17.6. The molecule has 1 unspecified atom stereocenters. The Hall–Kier alpha value is -0.460. The molecule has 1 aromatic heterocycles. The molecule has 1 aromatic rings. The van der Waals surface area contributed by atoms with E-state index in [4.69, 9.17) is 11.6 Å². The Morgan fingerprint density at radius 1 is 1.30 bits per heavy atom. The lowest BCUT2D eigenvalue weighted by atomic mass is 10.2. The lowest BCUT2D eigenvalue weighted by Gasteiger charge is -2.14. The molecule has 1 rings (SSSR count). The summed E-state index contributed by atoms with van der Waals surface area (Å²) < 4.78 is 37.5. The van der Waals surface area contributed by atoms with Crippen LogP contribution >= 0.6 is 23.4 Å². The minimum Gasteiger partial charge on any atom is -0.315 e. The van der Waals surface area contributed by atoms with Gasteiger partial charge in [-0.3, -0.25) is 0 Å². The lowest BCUT2D eigenvalue weighted by Crippen LogP contribution is -2.26. The average molecular weight is 327 g/mol. The van der Waals surface area contributed by atoms with Crippen molar-refractivity contribution in [1.29, 1.82) is 0 Å². The first-order valence-corrected chi connectivity index (χ1v) is 7.56. The van der Waals surface area contributed by atoms with Crippen molar-refractivity contribution in [2.24, 2.45) is 5.92 Å². The molecule has 0 aromatic carbocycles. The van der Waals surface area contributed by atoms with Crippen LogP contribution in [-0.4, -0.2) is 23.3 Å². The van der Waals surface area contributed by atoms with Crippen LogP contribution in [0.3, 0.4) is 0 Å². The van der Waals surface area contributed by atoms with E-state index in [1.165, 1.54) is 11.8 Å². The molecule has 0 saturated heterocycles. The Balaban J connectivity index is 2.60. The highest BCUT2D eigenvalue weighted by Gasteiger charge is 2.31. The summed E-state index contributed by atoms with van der Waals surface area (Å²) in [5.41, 5.74) is -0.822. The van der Waals surface area contributed by atoms with Crippen LogP contribution in [0.5, 0.6) is 0 Å². The fourth-order valence-electron chi connectivity index (χ4n) is 1.47. The quantitative estimate of drug-likeness (QED) is 0.780. The molecule has 114 valence electrons. The highest BCUT2D eigenvalue weighted by Crippen LogP contribution is 2.34. The molecule has 2 nitrogen and oxygen atoms in total. The number of hydrogen-bond donors (Lipinski definition) is 1. The molecule has 0 radical (unpaired) electrons. The van der Waals surface area contributed by atoms with Crippen LogP contribution in [0.4, 0.5) is 13.2 Å². The maximum absolute atomic E-state index is 12.5. The number of halogens is 4. The van der Waals surface area contributed by atoms with Crippen molar-refractivity contribution < 1.29 is 13.2 Å². The maximum atomic E-state index is 12.5. The molecule has 0 bridgehead atoms.